The average molecular weight is 251 g/mol. The predicted molar refractivity (Wildman–Crippen MR) is 53.8 cm³/mol. The van der Waals surface area contributed by atoms with E-state index in [0.717, 1.165) is 24.5 Å². The highest BCUT2D eigenvalue weighted by molar-refractivity contribution is 7.90. The lowest BCUT2D eigenvalue weighted by atomic mass is 10.3. The molecule has 1 aromatic carbocycles. The SMILES string of the molecule is CS(=O)(=O)c1ccc(S(=O)(=O)O)c(N)c1. The normalized spacial score (nSPS) is 12.7. The molecule has 0 heterocycles. The van der Waals surface area contributed by atoms with Crippen molar-refractivity contribution in [3.63, 3.8) is 0 Å². The maximum Gasteiger partial charge on any atom is 0.296 e. The van der Waals surface area contributed by atoms with E-state index in [9.17, 15) is 16.8 Å². The average Bonchev–Trinajstić information content (AvgIpc) is 1.99. The number of benzene rings is 1. The van der Waals surface area contributed by atoms with Gasteiger partial charge in [0.1, 0.15) is 4.90 Å². The van der Waals surface area contributed by atoms with Crippen molar-refractivity contribution in [3.8, 4) is 0 Å². The van der Waals surface area contributed by atoms with Crippen LogP contribution in [0.1, 0.15) is 0 Å². The third-order valence-electron chi connectivity index (χ3n) is 1.69. The van der Waals surface area contributed by atoms with Gasteiger partial charge >= 0.3 is 0 Å². The maximum atomic E-state index is 11.1. The molecule has 0 radical (unpaired) electrons. The molecule has 0 amide bonds. The van der Waals surface area contributed by atoms with Crippen molar-refractivity contribution in [2.75, 3.05) is 12.0 Å². The first kappa shape index (κ1) is 12.0. The van der Waals surface area contributed by atoms with E-state index in [1.165, 1.54) is 0 Å². The van der Waals surface area contributed by atoms with E-state index in [2.05, 4.69) is 0 Å². The van der Waals surface area contributed by atoms with Gasteiger partial charge in [-0.15, -0.1) is 0 Å². The van der Waals surface area contributed by atoms with Crippen molar-refractivity contribution in [2.24, 2.45) is 0 Å². The summed E-state index contributed by atoms with van der Waals surface area (Å²) in [6.45, 7) is 0. The first-order chi connectivity index (χ1) is 6.62. The summed E-state index contributed by atoms with van der Waals surface area (Å²) in [5.74, 6) is 0. The van der Waals surface area contributed by atoms with Crippen LogP contribution in [0.25, 0.3) is 0 Å². The van der Waals surface area contributed by atoms with Gasteiger partial charge in [-0.25, -0.2) is 8.42 Å². The molecular formula is C7H9NO5S2. The van der Waals surface area contributed by atoms with Crippen molar-refractivity contribution in [2.45, 2.75) is 9.79 Å². The molecule has 0 spiro atoms. The third kappa shape index (κ3) is 2.67. The number of hydrogen-bond acceptors (Lipinski definition) is 5. The van der Waals surface area contributed by atoms with E-state index >= 15 is 0 Å². The van der Waals surface area contributed by atoms with E-state index in [0.29, 0.717) is 0 Å². The highest BCUT2D eigenvalue weighted by atomic mass is 32.2. The number of anilines is 1. The van der Waals surface area contributed by atoms with Crippen LogP contribution in [0.5, 0.6) is 0 Å². The molecule has 0 aliphatic rings. The zero-order chi connectivity index (χ0) is 11.9. The van der Waals surface area contributed by atoms with Crippen LogP contribution < -0.4 is 5.73 Å². The molecule has 0 aliphatic heterocycles. The van der Waals surface area contributed by atoms with Gasteiger partial charge in [0.05, 0.1) is 10.6 Å². The van der Waals surface area contributed by atoms with Gasteiger partial charge < -0.3 is 5.73 Å². The summed E-state index contributed by atoms with van der Waals surface area (Å²) in [6.07, 6.45) is 0.967. The molecule has 0 fully saturated rings. The van der Waals surface area contributed by atoms with Gasteiger partial charge in [0.25, 0.3) is 10.1 Å². The second-order valence-electron chi connectivity index (χ2n) is 2.95. The maximum absolute atomic E-state index is 11.1. The van der Waals surface area contributed by atoms with E-state index in [-0.39, 0.29) is 10.6 Å². The molecule has 0 saturated carbocycles. The third-order valence-corrected chi connectivity index (χ3v) is 3.73. The number of nitrogen functional groups attached to an aromatic ring is 1. The van der Waals surface area contributed by atoms with Gasteiger partial charge in [0, 0.05) is 6.26 Å². The number of rotatable bonds is 2. The molecule has 8 heteroatoms. The van der Waals surface area contributed by atoms with E-state index in [1.807, 2.05) is 0 Å². The molecule has 0 bridgehead atoms. The van der Waals surface area contributed by atoms with Crippen molar-refractivity contribution < 1.29 is 21.4 Å². The molecule has 0 saturated heterocycles. The number of nitrogens with two attached hydrogens (primary N) is 1. The Balaban J connectivity index is 3.47. The molecule has 3 N–H and O–H groups in total. The first-order valence-corrected chi connectivity index (χ1v) is 7.02. The fourth-order valence-electron chi connectivity index (χ4n) is 0.992. The summed E-state index contributed by atoms with van der Waals surface area (Å²) in [5, 5.41) is 0. The second-order valence-corrected chi connectivity index (χ2v) is 6.35. The first-order valence-electron chi connectivity index (χ1n) is 3.69. The number of hydrogen-bond donors (Lipinski definition) is 2. The standard InChI is InChI=1S/C7H9NO5S2/c1-14(9,10)5-2-3-7(6(8)4-5)15(11,12)13/h2-4H,8H2,1H3,(H,11,12,13). The molecule has 0 aromatic heterocycles. The van der Waals surface area contributed by atoms with Gasteiger partial charge in [-0.3, -0.25) is 4.55 Å². The van der Waals surface area contributed by atoms with Gasteiger partial charge in [-0.1, -0.05) is 0 Å². The van der Waals surface area contributed by atoms with Gasteiger partial charge in [-0.05, 0) is 18.2 Å². The Bertz CT molecular complexity index is 588. The van der Waals surface area contributed by atoms with E-state index in [4.69, 9.17) is 10.3 Å². The minimum Gasteiger partial charge on any atom is -0.398 e. The molecule has 0 atom stereocenters. The largest absolute Gasteiger partial charge is 0.398 e. The topological polar surface area (TPSA) is 115 Å². The zero-order valence-electron chi connectivity index (χ0n) is 7.71. The van der Waals surface area contributed by atoms with Crippen LogP contribution in [0.2, 0.25) is 0 Å². The van der Waals surface area contributed by atoms with Crippen LogP contribution in [0.15, 0.2) is 28.0 Å². The van der Waals surface area contributed by atoms with Crippen LogP contribution >= 0.6 is 0 Å². The molecule has 0 unspecified atom stereocenters. The van der Waals surface area contributed by atoms with Gasteiger partial charge in [0.2, 0.25) is 0 Å². The lowest BCUT2D eigenvalue weighted by Crippen LogP contribution is -2.05. The molecule has 1 rings (SSSR count). The smallest absolute Gasteiger partial charge is 0.296 e. The molecule has 1 aromatic rings. The zero-order valence-corrected chi connectivity index (χ0v) is 9.34. The monoisotopic (exact) mass is 251 g/mol. The van der Waals surface area contributed by atoms with Gasteiger partial charge in [0.15, 0.2) is 9.84 Å². The fraction of sp³-hybridized carbons (Fsp3) is 0.143. The summed E-state index contributed by atoms with van der Waals surface area (Å²) >= 11 is 0. The Kier molecular flexibility index (Phi) is 2.77. The highest BCUT2D eigenvalue weighted by Gasteiger charge is 2.16. The quantitative estimate of drug-likeness (QED) is 0.561. The van der Waals surface area contributed by atoms with Gasteiger partial charge in [-0.2, -0.15) is 8.42 Å². The van der Waals surface area contributed by atoms with Crippen molar-refractivity contribution in [1.82, 2.24) is 0 Å². The van der Waals surface area contributed by atoms with E-state index in [1.54, 1.807) is 0 Å². The van der Waals surface area contributed by atoms with Crippen LogP contribution in [-0.4, -0.2) is 27.6 Å². The summed E-state index contributed by atoms with van der Waals surface area (Å²) in [4.78, 5) is -0.609. The lowest BCUT2D eigenvalue weighted by Gasteiger charge is -2.04. The number of sulfone groups is 1. The predicted octanol–water partition coefficient (Wildman–Crippen LogP) is -0.0810. The molecule has 15 heavy (non-hydrogen) atoms. The van der Waals surface area contributed by atoms with Crippen LogP contribution in [-0.2, 0) is 20.0 Å². The fourth-order valence-corrected chi connectivity index (χ4v) is 2.25. The Labute approximate surface area is 87.4 Å². The Hall–Kier alpha value is -1.12. The highest BCUT2D eigenvalue weighted by Crippen LogP contribution is 2.21. The minimum absolute atomic E-state index is 0.104. The molecule has 6 nitrogen and oxygen atoms in total. The van der Waals surface area contributed by atoms with Crippen molar-refractivity contribution in [1.29, 1.82) is 0 Å². The van der Waals surface area contributed by atoms with Crippen LogP contribution in [0, 0.1) is 0 Å². The summed E-state index contributed by atoms with van der Waals surface area (Å²) in [7, 11) is -7.86. The van der Waals surface area contributed by atoms with Crippen molar-refractivity contribution in [3.05, 3.63) is 18.2 Å². The molecule has 0 aliphatic carbocycles. The summed E-state index contributed by atoms with van der Waals surface area (Å²) in [5.41, 5.74) is 5.00. The van der Waals surface area contributed by atoms with Crippen LogP contribution in [0.4, 0.5) is 5.69 Å². The lowest BCUT2D eigenvalue weighted by molar-refractivity contribution is 0.483. The Morgan fingerprint density at radius 1 is 1.20 bits per heavy atom. The van der Waals surface area contributed by atoms with E-state index < -0.39 is 24.9 Å². The minimum atomic E-state index is -4.42. The van der Waals surface area contributed by atoms with Crippen molar-refractivity contribution >= 4 is 25.6 Å². The second kappa shape index (κ2) is 3.47. The Morgan fingerprint density at radius 3 is 2.07 bits per heavy atom. The summed E-state index contributed by atoms with van der Waals surface area (Å²) < 4.78 is 52.3. The Morgan fingerprint density at radius 2 is 1.73 bits per heavy atom. The molecule has 84 valence electrons. The summed E-state index contributed by atoms with van der Waals surface area (Å²) in [6, 6.07) is 2.99. The molecular weight excluding hydrogens is 242 g/mol. The van der Waals surface area contributed by atoms with Crippen LogP contribution in [0.3, 0.4) is 0 Å².